The predicted octanol–water partition coefficient (Wildman–Crippen LogP) is 4.71. The first kappa shape index (κ1) is 25.0. The lowest BCUT2D eigenvalue weighted by Crippen LogP contribution is -2.46. The Morgan fingerprint density at radius 3 is 2.63 bits per heavy atom. The Hall–Kier alpha value is -3.34. The summed E-state index contributed by atoms with van der Waals surface area (Å²) in [5.74, 6) is 0.830. The van der Waals surface area contributed by atoms with E-state index in [1.807, 2.05) is 6.20 Å². The molecule has 9 heteroatoms. The van der Waals surface area contributed by atoms with Crippen molar-refractivity contribution in [2.24, 2.45) is 0 Å². The first-order chi connectivity index (χ1) is 18.7. The van der Waals surface area contributed by atoms with Crippen LogP contribution in [-0.2, 0) is 11.3 Å². The maximum atomic E-state index is 8.82. The van der Waals surface area contributed by atoms with Gasteiger partial charge in [0.25, 0.3) is 0 Å². The minimum Gasteiger partial charge on any atom is -0.394 e. The highest BCUT2D eigenvalue weighted by Gasteiger charge is 2.17. The molecule has 4 heterocycles. The molecule has 5 aromatic rings. The van der Waals surface area contributed by atoms with Gasteiger partial charge in [0.1, 0.15) is 6.33 Å². The van der Waals surface area contributed by atoms with Crippen LogP contribution in [0.3, 0.4) is 0 Å². The summed E-state index contributed by atoms with van der Waals surface area (Å²) in [7, 11) is 0. The number of hydrogen-bond acceptors (Lipinski definition) is 8. The molecule has 1 aliphatic heterocycles. The highest BCUT2D eigenvalue weighted by Crippen LogP contribution is 2.37. The molecule has 0 radical (unpaired) electrons. The van der Waals surface area contributed by atoms with Crippen LogP contribution in [0.1, 0.15) is 5.56 Å². The number of hydrogen-bond donors (Lipinski definition) is 3. The van der Waals surface area contributed by atoms with E-state index in [2.05, 4.69) is 84.7 Å². The monoisotopic (exact) mass is 528 g/mol. The summed E-state index contributed by atoms with van der Waals surface area (Å²) in [5.41, 5.74) is 5.61. The number of aliphatic hydroxyl groups is 1. The molecule has 196 valence electrons. The highest BCUT2D eigenvalue weighted by atomic mass is 32.1. The molecule has 6 rings (SSSR count). The summed E-state index contributed by atoms with van der Waals surface area (Å²) >= 11 is 1.72. The van der Waals surface area contributed by atoms with Gasteiger partial charge < -0.3 is 20.1 Å². The van der Waals surface area contributed by atoms with E-state index in [9.17, 15) is 0 Å². The van der Waals surface area contributed by atoms with Crippen LogP contribution < -0.4 is 5.32 Å². The summed E-state index contributed by atoms with van der Waals surface area (Å²) in [5, 5.41) is 13.5. The number of benzene rings is 2. The molecule has 0 bridgehead atoms. The summed E-state index contributed by atoms with van der Waals surface area (Å²) in [6, 6.07) is 19.4. The minimum absolute atomic E-state index is 0.0911. The molecule has 3 aromatic heterocycles. The van der Waals surface area contributed by atoms with Crippen LogP contribution in [0.4, 0.5) is 11.5 Å². The molecule has 2 aromatic carbocycles. The molecule has 0 saturated carbocycles. The van der Waals surface area contributed by atoms with E-state index in [0.29, 0.717) is 13.2 Å². The molecule has 38 heavy (non-hydrogen) atoms. The number of nitrogens with one attached hydrogen (secondary N) is 2. The van der Waals surface area contributed by atoms with Gasteiger partial charge in [-0.1, -0.05) is 24.3 Å². The van der Waals surface area contributed by atoms with Crippen molar-refractivity contribution in [2.45, 2.75) is 6.54 Å². The smallest absolute Gasteiger partial charge is 0.151 e. The number of aromatic amines is 1. The van der Waals surface area contributed by atoms with E-state index in [-0.39, 0.29) is 6.61 Å². The summed E-state index contributed by atoms with van der Waals surface area (Å²) in [4.78, 5) is 18.4. The fraction of sp³-hybridized carbons (Fsp3) is 0.310. The van der Waals surface area contributed by atoms with Crippen LogP contribution in [0.15, 0.2) is 67.1 Å². The molecule has 0 amide bonds. The van der Waals surface area contributed by atoms with Gasteiger partial charge in [0.2, 0.25) is 0 Å². The van der Waals surface area contributed by atoms with E-state index < -0.39 is 0 Å². The third kappa shape index (κ3) is 5.72. The lowest BCUT2D eigenvalue weighted by molar-refractivity contribution is 0.0564. The lowest BCUT2D eigenvalue weighted by Gasteiger charge is -2.34. The second-order valence-electron chi connectivity index (χ2n) is 9.60. The zero-order valence-electron chi connectivity index (χ0n) is 21.3. The number of fused-ring (bicyclic) bond motifs is 2. The quantitative estimate of drug-likeness (QED) is 0.226. The number of aliphatic hydroxyl groups excluding tert-OH is 1. The first-order valence-corrected chi connectivity index (χ1v) is 13.9. The Bertz CT molecular complexity index is 1490. The zero-order chi connectivity index (χ0) is 25.7. The van der Waals surface area contributed by atoms with E-state index in [1.54, 1.807) is 17.7 Å². The van der Waals surface area contributed by atoms with Crippen molar-refractivity contribution in [3.05, 3.63) is 72.7 Å². The standard InChI is InChI=1S/C29H32N6O2S/c36-14-16-37-15-13-34-9-11-35(12-10-34)19-21-1-3-22(4-2-21)27-18-26-28(38-27)29(32-20-31-26)33-24-5-6-25-23(17-24)7-8-30-25/h1-8,17-18,20,30,36H,9-16,19H2,(H,31,32,33). The Labute approximate surface area is 225 Å². The molecule has 0 aliphatic carbocycles. The second kappa shape index (κ2) is 11.6. The molecule has 1 saturated heterocycles. The van der Waals surface area contributed by atoms with E-state index in [1.165, 1.54) is 16.0 Å². The molecule has 0 unspecified atom stereocenters. The van der Waals surface area contributed by atoms with Crippen LogP contribution in [0.5, 0.6) is 0 Å². The average molecular weight is 529 g/mol. The Balaban J connectivity index is 1.09. The second-order valence-corrected chi connectivity index (χ2v) is 10.7. The topological polar surface area (TPSA) is 89.5 Å². The van der Waals surface area contributed by atoms with Gasteiger partial charge in [-0.3, -0.25) is 9.80 Å². The van der Waals surface area contributed by atoms with E-state index >= 15 is 0 Å². The van der Waals surface area contributed by atoms with Gasteiger partial charge in [0.05, 0.1) is 30.0 Å². The SMILES string of the molecule is OCCOCCN1CCN(Cc2ccc(-c3cc4ncnc(Nc5ccc6[nH]ccc6c5)c4s3)cc2)CC1. The molecule has 0 spiro atoms. The number of piperazine rings is 1. The van der Waals surface area contributed by atoms with Crippen LogP contribution >= 0.6 is 11.3 Å². The Morgan fingerprint density at radius 2 is 1.79 bits per heavy atom. The molecular formula is C29H32N6O2S. The lowest BCUT2D eigenvalue weighted by atomic mass is 10.1. The number of anilines is 2. The van der Waals surface area contributed by atoms with Crippen molar-refractivity contribution < 1.29 is 9.84 Å². The van der Waals surface area contributed by atoms with E-state index in [4.69, 9.17) is 9.84 Å². The van der Waals surface area contributed by atoms with Crippen molar-refractivity contribution in [3.8, 4) is 10.4 Å². The summed E-state index contributed by atoms with van der Waals surface area (Å²) < 4.78 is 6.46. The van der Waals surface area contributed by atoms with Gasteiger partial charge in [0.15, 0.2) is 5.82 Å². The largest absolute Gasteiger partial charge is 0.394 e. The summed E-state index contributed by atoms with van der Waals surface area (Å²) in [6.45, 7) is 7.33. The van der Waals surface area contributed by atoms with Crippen molar-refractivity contribution >= 4 is 44.0 Å². The number of rotatable bonds is 10. The van der Waals surface area contributed by atoms with Crippen molar-refractivity contribution in [1.29, 1.82) is 0 Å². The molecule has 0 atom stereocenters. The number of ether oxygens (including phenoxy) is 1. The molecule has 3 N–H and O–H groups in total. The van der Waals surface area contributed by atoms with Gasteiger partial charge in [-0.15, -0.1) is 11.3 Å². The van der Waals surface area contributed by atoms with Crippen LogP contribution in [0.25, 0.3) is 31.6 Å². The van der Waals surface area contributed by atoms with Gasteiger partial charge in [-0.25, -0.2) is 9.97 Å². The third-order valence-electron chi connectivity index (χ3n) is 7.02. The van der Waals surface area contributed by atoms with Gasteiger partial charge >= 0.3 is 0 Å². The van der Waals surface area contributed by atoms with Crippen LogP contribution in [0, 0.1) is 0 Å². The number of thiophene rings is 1. The highest BCUT2D eigenvalue weighted by molar-refractivity contribution is 7.22. The molecular weight excluding hydrogens is 496 g/mol. The maximum Gasteiger partial charge on any atom is 0.151 e. The first-order valence-electron chi connectivity index (χ1n) is 13.1. The fourth-order valence-electron chi connectivity index (χ4n) is 4.92. The number of H-pyrrole nitrogens is 1. The molecule has 1 aliphatic rings. The molecule has 1 fully saturated rings. The number of aromatic nitrogens is 3. The minimum atomic E-state index is 0.0911. The van der Waals surface area contributed by atoms with E-state index in [0.717, 1.165) is 71.9 Å². The van der Waals surface area contributed by atoms with Crippen molar-refractivity contribution in [3.63, 3.8) is 0 Å². The average Bonchev–Trinajstić information content (AvgIpc) is 3.60. The third-order valence-corrected chi connectivity index (χ3v) is 8.20. The van der Waals surface area contributed by atoms with Crippen LogP contribution in [-0.4, -0.2) is 82.4 Å². The van der Waals surface area contributed by atoms with Crippen molar-refractivity contribution in [1.82, 2.24) is 24.8 Å². The van der Waals surface area contributed by atoms with Gasteiger partial charge in [-0.2, -0.15) is 0 Å². The molecule has 8 nitrogen and oxygen atoms in total. The predicted molar refractivity (Wildman–Crippen MR) is 154 cm³/mol. The number of nitrogens with zero attached hydrogens (tertiary/aromatic N) is 4. The van der Waals surface area contributed by atoms with Crippen LogP contribution in [0.2, 0.25) is 0 Å². The zero-order valence-corrected chi connectivity index (χ0v) is 22.1. The Morgan fingerprint density at radius 1 is 0.947 bits per heavy atom. The van der Waals surface area contributed by atoms with Gasteiger partial charge in [0, 0.05) is 66.9 Å². The van der Waals surface area contributed by atoms with Gasteiger partial charge in [-0.05, 0) is 41.5 Å². The fourth-order valence-corrected chi connectivity index (χ4v) is 5.98. The maximum absolute atomic E-state index is 8.82. The summed E-state index contributed by atoms with van der Waals surface area (Å²) in [6.07, 6.45) is 3.58. The van der Waals surface area contributed by atoms with Crippen molar-refractivity contribution in [2.75, 3.05) is 57.9 Å². The normalized spacial score (nSPS) is 15.0. The Kier molecular flexibility index (Phi) is 7.61.